The van der Waals surface area contributed by atoms with Crippen molar-refractivity contribution in [2.75, 3.05) is 19.7 Å². The third-order valence-corrected chi connectivity index (χ3v) is 3.57. The Kier molecular flexibility index (Phi) is 5.71. The van der Waals surface area contributed by atoms with E-state index in [0.717, 1.165) is 10.6 Å². The van der Waals surface area contributed by atoms with Gasteiger partial charge in [-0.05, 0) is 18.4 Å². The molecule has 112 valence electrons. The van der Waals surface area contributed by atoms with Crippen LogP contribution in [0.5, 0.6) is 0 Å². The number of aromatic nitrogens is 1. The molecule has 0 aliphatic heterocycles. The molecule has 0 N–H and O–H groups in total. The highest BCUT2D eigenvalue weighted by Gasteiger charge is 2.14. The number of hydrogen-bond donors (Lipinski definition) is 0. The summed E-state index contributed by atoms with van der Waals surface area (Å²) in [6.45, 7) is 7.19. The third kappa shape index (κ3) is 4.54. The molecule has 0 aliphatic rings. The average Bonchev–Trinajstić information content (AvgIpc) is 3.09. The quantitative estimate of drug-likeness (QED) is 0.554. The molecule has 0 saturated heterocycles. The smallest absolute Gasteiger partial charge is 0.320 e. The van der Waals surface area contributed by atoms with Gasteiger partial charge in [-0.25, -0.2) is 4.98 Å². The second-order valence-corrected chi connectivity index (χ2v) is 5.33. The first-order valence-corrected chi connectivity index (χ1v) is 7.58. The lowest BCUT2D eigenvalue weighted by Gasteiger charge is -2.17. The zero-order valence-corrected chi connectivity index (χ0v) is 12.8. The SMILES string of the molecule is C=CCN(CC(=O)OCC)Cc1coc(-c2cccs2)n1. The van der Waals surface area contributed by atoms with E-state index in [9.17, 15) is 4.79 Å². The van der Waals surface area contributed by atoms with Crippen LogP contribution in [-0.4, -0.2) is 35.5 Å². The maximum Gasteiger partial charge on any atom is 0.320 e. The monoisotopic (exact) mass is 306 g/mol. The van der Waals surface area contributed by atoms with Crippen molar-refractivity contribution in [2.24, 2.45) is 0 Å². The molecule has 21 heavy (non-hydrogen) atoms. The van der Waals surface area contributed by atoms with Gasteiger partial charge in [-0.15, -0.1) is 17.9 Å². The van der Waals surface area contributed by atoms with Gasteiger partial charge in [0.2, 0.25) is 5.89 Å². The van der Waals surface area contributed by atoms with Crippen LogP contribution in [0.15, 0.2) is 40.8 Å². The van der Waals surface area contributed by atoms with Gasteiger partial charge >= 0.3 is 5.97 Å². The van der Waals surface area contributed by atoms with Gasteiger partial charge in [0.25, 0.3) is 0 Å². The summed E-state index contributed by atoms with van der Waals surface area (Å²) in [6, 6.07) is 3.91. The molecule has 2 rings (SSSR count). The van der Waals surface area contributed by atoms with Gasteiger partial charge in [-0.2, -0.15) is 0 Å². The van der Waals surface area contributed by atoms with E-state index in [0.29, 0.717) is 25.6 Å². The predicted octanol–water partition coefficient (Wildman–Crippen LogP) is 2.95. The molecule has 6 heteroatoms. The van der Waals surface area contributed by atoms with Crippen LogP contribution in [0.2, 0.25) is 0 Å². The van der Waals surface area contributed by atoms with Crippen molar-refractivity contribution in [3.05, 3.63) is 42.1 Å². The highest BCUT2D eigenvalue weighted by atomic mass is 32.1. The molecule has 0 spiro atoms. The van der Waals surface area contributed by atoms with E-state index >= 15 is 0 Å². The highest BCUT2D eigenvalue weighted by molar-refractivity contribution is 7.13. The molecular formula is C15H18N2O3S. The Morgan fingerprint density at radius 1 is 1.62 bits per heavy atom. The number of nitrogens with zero attached hydrogens (tertiary/aromatic N) is 2. The van der Waals surface area contributed by atoms with Gasteiger partial charge in [0.05, 0.1) is 23.7 Å². The molecule has 0 aromatic carbocycles. The van der Waals surface area contributed by atoms with E-state index in [2.05, 4.69) is 11.6 Å². The second kappa shape index (κ2) is 7.75. The summed E-state index contributed by atoms with van der Waals surface area (Å²) >= 11 is 1.58. The van der Waals surface area contributed by atoms with Gasteiger partial charge < -0.3 is 9.15 Å². The van der Waals surface area contributed by atoms with Crippen LogP contribution in [0.3, 0.4) is 0 Å². The second-order valence-electron chi connectivity index (χ2n) is 4.38. The van der Waals surface area contributed by atoms with Crippen molar-refractivity contribution in [3.63, 3.8) is 0 Å². The van der Waals surface area contributed by atoms with Crippen LogP contribution < -0.4 is 0 Å². The van der Waals surface area contributed by atoms with Crippen molar-refractivity contribution < 1.29 is 13.9 Å². The largest absolute Gasteiger partial charge is 0.465 e. The Morgan fingerprint density at radius 2 is 2.48 bits per heavy atom. The van der Waals surface area contributed by atoms with Crippen molar-refractivity contribution in [1.82, 2.24) is 9.88 Å². The fourth-order valence-electron chi connectivity index (χ4n) is 1.88. The highest BCUT2D eigenvalue weighted by Crippen LogP contribution is 2.23. The lowest BCUT2D eigenvalue weighted by molar-refractivity contribution is -0.144. The average molecular weight is 306 g/mol. The first-order valence-electron chi connectivity index (χ1n) is 6.70. The van der Waals surface area contributed by atoms with E-state index in [1.54, 1.807) is 30.6 Å². The van der Waals surface area contributed by atoms with Gasteiger partial charge in [-0.1, -0.05) is 12.1 Å². The van der Waals surface area contributed by atoms with E-state index in [1.165, 1.54) is 0 Å². The summed E-state index contributed by atoms with van der Waals surface area (Å²) in [4.78, 5) is 18.9. The Bertz CT molecular complexity index is 578. The number of esters is 1. The van der Waals surface area contributed by atoms with Crippen molar-refractivity contribution in [2.45, 2.75) is 13.5 Å². The Labute approximate surface area is 127 Å². The molecular weight excluding hydrogens is 288 g/mol. The molecule has 0 amide bonds. The van der Waals surface area contributed by atoms with Crippen LogP contribution in [0, 0.1) is 0 Å². The van der Waals surface area contributed by atoms with Gasteiger partial charge in [-0.3, -0.25) is 9.69 Å². The minimum Gasteiger partial charge on any atom is -0.465 e. The summed E-state index contributed by atoms with van der Waals surface area (Å²) in [6.07, 6.45) is 3.37. The molecule has 2 aromatic rings. The molecule has 0 saturated carbocycles. The van der Waals surface area contributed by atoms with Crippen molar-refractivity contribution in [3.8, 4) is 10.8 Å². The fraction of sp³-hybridized carbons (Fsp3) is 0.333. The molecule has 2 aromatic heterocycles. The first-order chi connectivity index (χ1) is 10.2. The maximum atomic E-state index is 11.6. The predicted molar refractivity (Wildman–Crippen MR) is 81.9 cm³/mol. The Hall–Kier alpha value is -1.92. The van der Waals surface area contributed by atoms with Crippen LogP contribution in [0.1, 0.15) is 12.6 Å². The van der Waals surface area contributed by atoms with E-state index in [1.807, 2.05) is 22.4 Å². The maximum absolute atomic E-state index is 11.6. The van der Waals surface area contributed by atoms with Crippen LogP contribution in [0.4, 0.5) is 0 Å². The Balaban J connectivity index is 1.99. The van der Waals surface area contributed by atoms with Gasteiger partial charge in [0.1, 0.15) is 6.26 Å². The number of ether oxygens (including phenoxy) is 1. The molecule has 5 nitrogen and oxygen atoms in total. The van der Waals surface area contributed by atoms with Crippen molar-refractivity contribution in [1.29, 1.82) is 0 Å². The summed E-state index contributed by atoms with van der Waals surface area (Å²) < 4.78 is 10.4. The zero-order valence-electron chi connectivity index (χ0n) is 11.9. The van der Waals surface area contributed by atoms with Crippen molar-refractivity contribution >= 4 is 17.3 Å². The number of oxazole rings is 1. The zero-order chi connectivity index (χ0) is 15.1. The number of thiophene rings is 1. The van der Waals surface area contributed by atoms with E-state index in [-0.39, 0.29) is 12.5 Å². The lowest BCUT2D eigenvalue weighted by atomic mass is 10.4. The summed E-state index contributed by atoms with van der Waals surface area (Å²) in [5.41, 5.74) is 0.782. The minimum atomic E-state index is -0.249. The van der Waals surface area contributed by atoms with Gasteiger partial charge in [0.15, 0.2) is 0 Å². The van der Waals surface area contributed by atoms with Crippen LogP contribution in [-0.2, 0) is 16.1 Å². The standard InChI is InChI=1S/C15H18N2O3S/c1-3-7-17(10-14(18)19-4-2)9-12-11-20-15(16-12)13-6-5-8-21-13/h3,5-6,8,11H,1,4,7,9-10H2,2H3. The molecule has 0 bridgehead atoms. The molecule has 0 radical (unpaired) electrons. The normalized spacial score (nSPS) is 10.8. The number of rotatable bonds is 8. The number of carbonyl (C=O) groups is 1. The molecule has 0 fully saturated rings. The Morgan fingerprint density at radius 3 is 3.14 bits per heavy atom. The molecule has 0 atom stereocenters. The van der Waals surface area contributed by atoms with Gasteiger partial charge in [0, 0.05) is 13.1 Å². The third-order valence-electron chi connectivity index (χ3n) is 2.71. The van der Waals surface area contributed by atoms with Crippen LogP contribution in [0.25, 0.3) is 10.8 Å². The fourth-order valence-corrected chi connectivity index (χ4v) is 2.53. The number of hydrogen-bond acceptors (Lipinski definition) is 6. The molecule has 0 unspecified atom stereocenters. The minimum absolute atomic E-state index is 0.209. The summed E-state index contributed by atoms with van der Waals surface area (Å²) in [7, 11) is 0. The molecule has 0 aliphatic carbocycles. The van der Waals surface area contributed by atoms with Crippen LogP contribution >= 0.6 is 11.3 Å². The molecule has 2 heterocycles. The van der Waals surface area contributed by atoms with E-state index < -0.39 is 0 Å². The first kappa shape index (κ1) is 15.5. The summed E-state index contributed by atoms with van der Waals surface area (Å²) in [5.74, 6) is 0.357. The topological polar surface area (TPSA) is 55.6 Å². The number of carbonyl (C=O) groups excluding carboxylic acids is 1. The van der Waals surface area contributed by atoms with E-state index in [4.69, 9.17) is 9.15 Å². The summed E-state index contributed by atoms with van der Waals surface area (Å²) in [5, 5.41) is 1.98. The lowest BCUT2D eigenvalue weighted by Crippen LogP contribution is -2.31.